The van der Waals surface area contributed by atoms with Crippen molar-refractivity contribution in [3.63, 3.8) is 0 Å². The molecule has 1 aliphatic heterocycles. The quantitative estimate of drug-likeness (QED) is 0.616. The molecule has 3 atom stereocenters. The SMILES string of the molecule is CCCCCC1CCCCC[C@@H](O)CC[C@H](O)C=CC(=O)O1. The van der Waals surface area contributed by atoms with Gasteiger partial charge in [-0.3, -0.25) is 0 Å². The van der Waals surface area contributed by atoms with E-state index in [1.54, 1.807) is 0 Å². The molecule has 0 radical (unpaired) electrons. The van der Waals surface area contributed by atoms with Gasteiger partial charge >= 0.3 is 5.97 Å². The second kappa shape index (κ2) is 11.7. The lowest BCUT2D eigenvalue weighted by Crippen LogP contribution is -2.18. The number of carbonyl (C=O) groups excluding carboxylic acids is 1. The van der Waals surface area contributed by atoms with Gasteiger partial charge < -0.3 is 14.9 Å². The Kier molecular flexibility index (Phi) is 10.2. The van der Waals surface area contributed by atoms with Crippen LogP contribution in [0.15, 0.2) is 12.2 Å². The molecule has 0 fully saturated rings. The Hall–Kier alpha value is -0.870. The molecule has 0 spiro atoms. The average Bonchev–Trinajstić information content (AvgIpc) is 2.49. The van der Waals surface area contributed by atoms with Crippen molar-refractivity contribution in [3.05, 3.63) is 12.2 Å². The molecule has 4 heteroatoms. The lowest BCUT2D eigenvalue weighted by Gasteiger charge is -2.18. The van der Waals surface area contributed by atoms with Crippen LogP contribution in [0.1, 0.15) is 77.6 Å². The van der Waals surface area contributed by atoms with Gasteiger partial charge in [0.1, 0.15) is 6.10 Å². The number of hydrogen-bond donors (Lipinski definition) is 2. The predicted molar refractivity (Wildman–Crippen MR) is 87.5 cm³/mol. The zero-order valence-corrected chi connectivity index (χ0v) is 13.9. The zero-order chi connectivity index (χ0) is 16.2. The minimum atomic E-state index is -0.691. The molecular weight excluding hydrogens is 280 g/mol. The first-order valence-corrected chi connectivity index (χ1v) is 8.86. The van der Waals surface area contributed by atoms with Crippen LogP contribution >= 0.6 is 0 Å². The van der Waals surface area contributed by atoms with Gasteiger partial charge in [0.15, 0.2) is 0 Å². The van der Waals surface area contributed by atoms with Gasteiger partial charge in [-0.2, -0.15) is 0 Å². The standard InChI is InChI=1S/C18H32O4/c1-2-3-5-9-17-10-7-4-6-8-15(19)11-12-16(20)13-14-18(21)22-17/h13-17,19-20H,2-12H2,1H3/t15-,16+,17?/m1/s1. The third kappa shape index (κ3) is 9.21. The van der Waals surface area contributed by atoms with E-state index in [2.05, 4.69) is 6.92 Å². The van der Waals surface area contributed by atoms with Gasteiger partial charge in [-0.1, -0.05) is 32.6 Å². The Morgan fingerprint density at radius 1 is 1.09 bits per heavy atom. The minimum Gasteiger partial charge on any atom is -0.459 e. The third-order valence-corrected chi connectivity index (χ3v) is 4.23. The lowest BCUT2D eigenvalue weighted by atomic mass is 10.0. The van der Waals surface area contributed by atoms with Crippen LogP contribution < -0.4 is 0 Å². The number of rotatable bonds is 4. The molecule has 0 aromatic rings. The fourth-order valence-corrected chi connectivity index (χ4v) is 2.81. The Labute approximate surface area is 134 Å². The van der Waals surface area contributed by atoms with E-state index in [0.29, 0.717) is 12.8 Å². The molecule has 1 rings (SSSR count). The summed E-state index contributed by atoms with van der Waals surface area (Å²) >= 11 is 0. The van der Waals surface area contributed by atoms with E-state index in [1.807, 2.05) is 0 Å². The summed E-state index contributed by atoms with van der Waals surface area (Å²) in [7, 11) is 0. The first kappa shape index (κ1) is 19.2. The van der Waals surface area contributed by atoms with Gasteiger partial charge in [0, 0.05) is 6.08 Å². The van der Waals surface area contributed by atoms with Gasteiger partial charge in [-0.05, 0) is 51.0 Å². The van der Waals surface area contributed by atoms with Crippen molar-refractivity contribution in [1.82, 2.24) is 0 Å². The van der Waals surface area contributed by atoms with E-state index >= 15 is 0 Å². The number of esters is 1. The Balaban J connectivity index is 2.55. The molecule has 0 saturated carbocycles. The van der Waals surface area contributed by atoms with E-state index in [0.717, 1.165) is 57.8 Å². The maximum Gasteiger partial charge on any atom is 0.330 e. The molecule has 0 bridgehead atoms. The van der Waals surface area contributed by atoms with Crippen LogP contribution in [-0.2, 0) is 9.53 Å². The largest absolute Gasteiger partial charge is 0.459 e. The molecule has 1 heterocycles. The summed E-state index contributed by atoms with van der Waals surface area (Å²) in [6.45, 7) is 2.16. The summed E-state index contributed by atoms with van der Waals surface area (Å²) in [6.07, 6.45) is 11.9. The maximum atomic E-state index is 11.8. The second-order valence-electron chi connectivity index (χ2n) is 6.35. The van der Waals surface area contributed by atoms with Crippen molar-refractivity contribution in [2.24, 2.45) is 0 Å². The minimum absolute atomic E-state index is 0.0197. The monoisotopic (exact) mass is 312 g/mol. The van der Waals surface area contributed by atoms with Crippen molar-refractivity contribution in [2.45, 2.75) is 95.9 Å². The zero-order valence-electron chi connectivity index (χ0n) is 13.9. The van der Waals surface area contributed by atoms with Gasteiger partial charge in [0.25, 0.3) is 0 Å². The number of aliphatic hydroxyl groups is 2. The molecular formula is C18H32O4. The highest BCUT2D eigenvalue weighted by Gasteiger charge is 2.14. The van der Waals surface area contributed by atoms with Gasteiger partial charge in [-0.25, -0.2) is 4.79 Å². The van der Waals surface area contributed by atoms with E-state index in [9.17, 15) is 15.0 Å². The molecule has 0 saturated heterocycles. The molecule has 22 heavy (non-hydrogen) atoms. The van der Waals surface area contributed by atoms with Crippen molar-refractivity contribution in [3.8, 4) is 0 Å². The molecule has 1 unspecified atom stereocenters. The van der Waals surface area contributed by atoms with Gasteiger partial charge in [-0.15, -0.1) is 0 Å². The smallest absolute Gasteiger partial charge is 0.330 e. The highest BCUT2D eigenvalue weighted by atomic mass is 16.5. The number of cyclic esters (lactones) is 1. The summed E-state index contributed by atoms with van der Waals surface area (Å²) < 4.78 is 5.53. The highest BCUT2D eigenvalue weighted by Crippen LogP contribution is 2.17. The number of hydrogen-bond acceptors (Lipinski definition) is 4. The highest BCUT2D eigenvalue weighted by molar-refractivity contribution is 5.82. The van der Waals surface area contributed by atoms with Crippen LogP contribution in [0.5, 0.6) is 0 Å². The third-order valence-electron chi connectivity index (χ3n) is 4.23. The number of unbranched alkanes of at least 4 members (excludes halogenated alkanes) is 2. The normalized spacial score (nSPS) is 28.9. The van der Waals surface area contributed by atoms with Crippen molar-refractivity contribution in [1.29, 1.82) is 0 Å². The Bertz CT molecular complexity index is 327. The van der Waals surface area contributed by atoms with Crippen LogP contribution in [0, 0.1) is 0 Å². The second-order valence-corrected chi connectivity index (χ2v) is 6.35. The van der Waals surface area contributed by atoms with Gasteiger partial charge in [0.2, 0.25) is 0 Å². The molecule has 1 aliphatic rings. The van der Waals surface area contributed by atoms with Crippen LogP contribution in [0.25, 0.3) is 0 Å². The Morgan fingerprint density at radius 2 is 1.86 bits per heavy atom. The predicted octanol–water partition coefficient (Wildman–Crippen LogP) is 3.50. The van der Waals surface area contributed by atoms with Crippen molar-refractivity contribution in [2.75, 3.05) is 0 Å². The van der Waals surface area contributed by atoms with Crippen LogP contribution in [-0.4, -0.2) is 34.5 Å². The number of aliphatic hydroxyl groups excluding tert-OH is 2. The van der Waals surface area contributed by atoms with E-state index in [-0.39, 0.29) is 18.2 Å². The molecule has 4 nitrogen and oxygen atoms in total. The van der Waals surface area contributed by atoms with Gasteiger partial charge in [0.05, 0.1) is 12.2 Å². The van der Waals surface area contributed by atoms with E-state index in [1.165, 1.54) is 12.2 Å². The Morgan fingerprint density at radius 3 is 2.64 bits per heavy atom. The summed E-state index contributed by atoms with van der Waals surface area (Å²) in [5, 5.41) is 19.6. The molecule has 0 amide bonds. The number of carbonyl (C=O) groups is 1. The molecule has 0 aromatic heterocycles. The summed E-state index contributed by atoms with van der Waals surface area (Å²) in [5.41, 5.74) is 0. The number of ether oxygens (including phenoxy) is 1. The lowest BCUT2D eigenvalue weighted by molar-refractivity contribution is -0.143. The first-order chi connectivity index (χ1) is 10.6. The summed E-state index contributed by atoms with van der Waals surface area (Å²) in [4.78, 5) is 11.8. The molecule has 0 aromatic carbocycles. The van der Waals surface area contributed by atoms with Crippen LogP contribution in [0.3, 0.4) is 0 Å². The summed E-state index contributed by atoms with van der Waals surface area (Å²) in [5.74, 6) is -0.363. The molecule has 2 N–H and O–H groups in total. The summed E-state index contributed by atoms with van der Waals surface area (Å²) in [6, 6.07) is 0. The molecule has 128 valence electrons. The fourth-order valence-electron chi connectivity index (χ4n) is 2.81. The molecule has 0 aliphatic carbocycles. The topological polar surface area (TPSA) is 66.8 Å². The first-order valence-electron chi connectivity index (χ1n) is 8.86. The van der Waals surface area contributed by atoms with Crippen molar-refractivity contribution < 1.29 is 19.7 Å². The average molecular weight is 312 g/mol. The maximum absolute atomic E-state index is 11.8. The van der Waals surface area contributed by atoms with E-state index in [4.69, 9.17) is 4.74 Å². The van der Waals surface area contributed by atoms with E-state index < -0.39 is 6.10 Å². The van der Waals surface area contributed by atoms with Crippen LogP contribution in [0.2, 0.25) is 0 Å². The fraction of sp³-hybridized carbons (Fsp3) is 0.833. The van der Waals surface area contributed by atoms with Crippen LogP contribution in [0.4, 0.5) is 0 Å². The van der Waals surface area contributed by atoms with Crippen molar-refractivity contribution >= 4 is 5.97 Å².